The van der Waals surface area contributed by atoms with Gasteiger partial charge in [0, 0.05) is 38.3 Å². The molecular weight excluding hydrogens is 386 g/mol. The third-order valence-electron chi connectivity index (χ3n) is 6.04. The second-order valence-electron chi connectivity index (χ2n) is 8.23. The van der Waals surface area contributed by atoms with Crippen molar-refractivity contribution in [3.8, 4) is 6.07 Å². The molecule has 4 rings (SSSR count). The van der Waals surface area contributed by atoms with E-state index < -0.39 is 0 Å². The fourth-order valence-electron chi connectivity index (χ4n) is 4.13. The quantitative estimate of drug-likeness (QED) is 0.573. The number of pyridine rings is 1. The van der Waals surface area contributed by atoms with E-state index in [4.69, 9.17) is 5.26 Å². The van der Waals surface area contributed by atoms with Crippen LogP contribution in [0.2, 0.25) is 0 Å². The van der Waals surface area contributed by atoms with Gasteiger partial charge in [0.2, 0.25) is 0 Å². The zero-order chi connectivity index (χ0) is 21.9. The Hall–Kier alpha value is -2.75. The molecule has 0 saturated carbocycles. The molecule has 0 aliphatic carbocycles. The SMILES string of the molecule is CNCCCN1CCc2ccccc2C1.N#Cc1ccc(N2CCC(C=O)CC2)nc1. The number of aldehydes is 1. The lowest BCUT2D eigenvalue weighted by molar-refractivity contribution is -0.111. The second kappa shape index (κ2) is 12.2. The van der Waals surface area contributed by atoms with Gasteiger partial charge in [-0.1, -0.05) is 24.3 Å². The molecule has 0 amide bonds. The highest BCUT2D eigenvalue weighted by Gasteiger charge is 2.19. The summed E-state index contributed by atoms with van der Waals surface area (Å²) < 4.78 is 0. The molecule has 6 nitrogen and oxygen atoms in total. The molecule has 0 radical (unpaired) electrons. The lowest BCUT2D eigenvalue weighted by Gasteiger charge is -2.30. The van der Waals surface area contributed by atoms with E-state index in [-0.39, 0.29) is 5.92 Å². The number of nitrogens with one attached hydrogen (secondary N) is 1. The molecule has 1 aromatic heterocycles. The summed E-state index contributed by atoms with van der Waals surface area (Å²) in [5.41, 5.74) is 3.64. The predicted molar refractivity (Wildman–Crippen MR) is 124 cm³/mol. The standard InChI is InChI=1S/C13H20N2.C12H13N3O/c1-14-8-4-9-15-10-7-12-5-2-3-6-13(12)11-15;13-7-11-1-2-12(14-8-11)15-5-3-10(9-16)4-6-15/h2-3,5-6,14H,4,7-11H2,1H3;1-2,8-10H,3-6H2. The second-order valence-corrected chi connectivity index (χ2v) is 8.23. The molecule has 31 heavy (non-hydrogen) atoms. The van der Waals surface area contributed by atoms with Gasteiger partial charge in [-0.15, -0.1) is 0 Å². The van der Waals surface area contributed by atoms with Crippen LogP contribution in [0.5, 0.6) is 0 Å². The Balaban J connectivity index is 0.000000176. The summed E-state index contributed by atoms with van der Waals surface area (Å²) in [6, 6.07) is 14.5. The molecule has 2 aliphatic rings. The van der Waals surface area contributed by atoms with E-state index >= 15 is 0 Å². The molecule has 0 spiro atoms. The van der Waals surface area contributed by atoms with Gasteiger partial charge in [0.25, 0.3) is 0 Å². The largest absolute Gasteiger partial charge is 0.357 e. The number of anilines is 1. The van der Waals surface area contributed by atoms with Crippen molar-refractivity contribution in [2.75, 3.05) is 44.7 Å². The van der Waals surface area contributed by atoms with Crippen molar-refractivity contribution in [2.24, 2.45) is 5.92 Å². The number of rotatable bonds is 6. The first kappa shape index (κ1) is 22.9. The van der Waals surface area contributed by atoms with Crippen LogP contribution in [-0.4, -0.2) is 55.9 Å². The fraction of sp³-hybridized carbons (Fsp3) is 0.480. The first-order valence-corrected chi connectivity index (χ1v) is 11.2. The lowest BCUT2D eigenvalue weighted by atomic mass is 9.99. The van der Waals surface area contributed by atoms with Crippen LogP contribution in [0.1, 0.15) is 36.0 Å². The van der Waals surface area contributed by atoms with Crippen molar-refractivity contribution < 1.29 is 4.79 Å². The van der Waals surface area contributed by atoms with Crippen molar-refractivity contribution in [3.05, 3.63) is 59.3 Å². The average molecular weight is 420 g/mol. The van der Waals surface area contributed by atoms with Crippen LogP contribution < -0.4 is 10.2 Å². The number of aromatic nitrogens is 1. The third-order valence-corrected chi connectivity index (χ3v) is 6.04. The van der Waals surface area contributed by atoms with E-state index in [2.05, 4.69) is 44.4 Å². The first-order chi connectivity index (χ1) is 15.2. The molecule has 164 valence electrons. The van der Waals surface area contributed by atoms with E-state index in [1.165, 1.54) is 31.5 Å². The fourth-order valence-corrected chi connectivity index (χ4v) is 4.13. The van der Waals surface area contributed by atoms with Crippen molar-refractivity contribution in [3.63, 3.8) is 0 Å². The van der Waals surface area contributed by atoms with Gasteiger partial charge >= 0.3 is 0 Å². The zero-order valence-corrected chi connectivity index (χ0v) is 18.5. The van der Waals surface area contributed by atoms with Gasteiger partial charge in [-0.3, -0.25) is 4.90 Å². The van der Waals surface area contributed by atoms with Crippen LogP contribution in [0.15, 0.2) is 42.6 Å². The normalized spacial score (nSPS) is 16.6. The van der Waals surface area contributed by atoms with E-state index in [0.29, 0.717) is 5.56 Å². The van der Waals surface area contributed by atoms with Crippen molar-refractivity contribution in [2.45, 2.75) is 32.2 Å². The molecular formula is C25H33N5O. The van der Waals surface area contributed by atoms with Gasteiger partial charge in [-0.05, 0) is 69.1 Å². The molecule has 0 unspecified atom stereocenters. The molecule has 0 bridgehead atoms. The summed E-state index contributed by atoms with van der Waals surface area (Å²) in [6.07, 6.45) is 6.88. The molecule has 1 aromatic carbocycles. The summed E-state index contributed by atoms with van der Waals surface area (Å²) in [4.78, 5) is 19.6. The number of hydrogen-bond donors (Lipinski definition) is 1. The molecule has 2 aromatic rings. The molecule has 2 aliphatic heterocycles. The first-order valence-electron chi connectivity index (χ1n) is 11.2. The minimum absolute atomic E-state index is 0.203. The molecule has 0 atom stereocenters. The number of piperidine rings is 1. The lowest BCUT2D eigenvalue weighted by Crippen LogP contribution is -2.34. The minimum atomic E-state index is 0.203. The minimum Gasteiger partial charge on any atom is -0.357 e. The number of fused-ring (bicyclic) bond motifs is 1. The number of carbonyl (C=O) groups excluding carboxylic acids is 1. The van der Waals surface area contributed by atoms with E-state index in [1.807, 2.05) is 19.2 Å². The number of nitriles is 1. The predicted octanol–water partition coefficient (Wildman–Crippen LogP) is 3.02. The highest BCUT2D eigenvalue weighted by atomic mass is 16.1. The van der Waals surface area contributed by atoms with Crippen LogP contribution in [0.4, 0.5) is 5.82 Å². The van der Waals surface area contributed by atoms with Crippen LogP contribution in [0.25, 0.3) is 0 Å². The highest BCUT2D eigenvalue weighted by molar-refractivity contribution is 5.54. The summed E-state index contributed by atoms with van der Waals surface area (Å²) in [6.45, 7) is 6.43. The van der Waals surface area contributed by atoms with E-state index in [0.717, 1.165) is 51.1 Å². The van der Waals surface area contributed by atoms with Gasteiger partial charge in [0.1, 0.15) is 18.2 Å². The Morgan fingerprint density at radius 1 is 1.16 bits per heavy atom. The Bertz CT molecular complexity index is 853. The van der Waals surface area contributed by atoms with Crippen molar-refractivity contribution in [1.29, 1.82) is 5.26 Å². The Kier molecular flexibility index (Phi) is 9.01. The number of hydrogen-bond acceptors (Lipinski definition) is 6. The summed E-state index contributed by atoms with van der Waals surface area (Å²) in [7, 11) is 2.02. The van der Waals surface area contributed by atoms with Gasteiger partial charge < -0.3 is 15.0 Å². The van der Waals surface area contributed by atoms with Crippen LogP contribution in [-0.2, 0) is 17.8 Å². The van der Waals surface area contributed by atoms with Gasteiger partial charge in [-0.25, -0.2) is 4.98 Å². The maximum atomic E-state index is 10.6. The smallest absolute Gasteiger partial charge is 0.128 e. The van der Waals surface area contributed by atoms with Crippen molar-refractivity contribution in [1.82, 2.24) is 15.2 Å². The number of carbonyl (C=O) groups is 1. The van der Waals surface area contributed by atoms with E-state index in [9.17, 15) is 4.79 Å². The summed E-state index contributed by atoms with van der Waals surface area (Å²) >= 11 is 0. The van der Waals surface area contributed by atoms with Crippen molar-refractivity contribution >= 4 is 12.1 Å². The molecule has 3 heterocycles. The third kappa shape index (κ3) is 6.88. The van der Waals surface area contributed by atoms with Crippen LogP contribution in [0.3, 0.4) is 0 Å². The summed E-state index contributed by atoms with van der Waals surface area (Å²) in [5, 5.41) is 11.9. The summed E-state index contributed by atoms with van der Waals surface area (Å²) in [5.74, 6) is 1.10. The molecule has 1 saturated heterocycles. The monoisotopic (exact) mass is 419 g/mol. The van der Waals surface area contributed by atoms with E-state index in [1.54, 1.807) is 17.8 Å². The maximum Gasteiger partial charge on any atom is 0.128 e. The molecule has 1 N–H and O–H groups in total. The van der Waals surface area contributed by atoms with Crippen LogP contribution in [0, 0.1) is 17.2 Å². The van der Waals surface area contributed by atoms with Crippen LogP contribution >= 0.6 is 0 Å². The molecule has 1 fully saturated rings. The van der Waals surface area contributed by atoms with Gasteiger partial charge in [0.15, 0.2) is 0 Å². The van der Waals surface area contributed by atoms with Gasteiger partial charge in [0.05, 0.1) is 5.56 Å². The topological polar surface area (TPSA) is 72.3 Å². The molecule has 6 heteroatoms. The number of nitrogens with zero attached hydrogens (tertiary/aromatic N) is 4. The highest BCUT2D eigenvalue weighted by Crippen LogP contribution is 2.20. The Morgan fingerprint density at radius 3 is 2.58 bits per heavy atom. The van der Waals surface area contributed by atoms with Gasteiger partial charge in [-0.2, -0.15) is 5.26 Å². The Labute approximate surface area is 185 Å². The maximum absolute atomic E-state index is 10.6. The Morgan fingerprint density at radius 2 is 1.94 bits per heavy atom. The average Bonchev–Trinajstić information content (AvgIpc) is 2.85. The zero-order valence-electron chi connectivity index (χ0n) is 18.5. The number of benzene rings is 1.